The lowest BCUT2D eigenvalue weighted by atomic mass is 10.1. The first-order valence-electron chi connectivity index (χ1n) is 6.06. The van der Waals surface area contributed by atoms with Gasteiger partial charge in [0.2, 0.25) is 0 Å². The molecule has 106 valence electrons. The van der Waals surface area contributed by atoms with E-state index < -0.39 is 0 Å². The van der Waals surface area contributed by atoms with Gasteiger partial charge in [0.25, 0.3) is 0 Å². The first-order chi connectivity index (χ1) is 9.08. The standard InChI is InChI=1S/C14H20BrNO3/c1-10(15)9-16-11(2)12-4-5-13(19-7-6-17)14(8-12)18-3/h4-5,8,11,16-17H,1,6-7,9H2,2-3H3. The molecular weight excluding hydrogens is 310 g/mol. The summed E-state index contributed by atoms with van der Waals surface area (Å²) in [5.41, 5.74) is 1.10. The van der Waals surface area contributed by atoms with Crippen LogP contribution in [0.3, 0.4) is 0 Å². The van der Waals surface area contributed by atoms with Gasteiger partial charge in [-0.1, -0.05) is 28.6 Å². The second-order valence-electron chi connectivity index (χ2n) is 4.10. The topological polar surface area (TPSA) is 50.7 Å². The highest BCUT2D eigenvalue weighted by Gasteiger charge is 2.10. The van der Waals surface area contributed by atoms with Gasteiger partial charge in [0.05, 0.1) is 13.7 Å². The third-order valence-corrected chi connectivity index (χ3v) is 2.92. The summed E-state index contributed by atoms with van der Waals surface area (Å²) in [5.74, 6) is 1.30. The van der Waals surface area contributed by atoms with Crippen LogP contribution in [-0.2, 0) is 0 Å². The molecule has 1 unspecified atom stereocenters. The van der Waals surface area contributed by atoms with Gasteiger partial charge in [-0.3, -0.25) is 0 Å². The molecule has 1 rings (SSSR count). The van der Waals surface area contributed by atoms with E-state index in [4.69, 9.17) is 14.6 Å². The predicted molar refractivity (Wildman–Crippen MR) is 80.1 cm³/mol. The molecule has 0 amide bonds. The third-order valence-electron chi connectivity index (χ3n) is 2.64. The number of hydrogen-bond donors (Lipinski definition) is 2. The molecule has 0 fully saturated rings. The average Bonchev–Trinajstić information content (AvgIpc) is 2.42. The lowest BCUT2D eigenvalue weighted by Crippen LogP contribution is -2.19. The van der Waals surface area contributed by atoms with E-state index in [9.17, 15) is 0 Å². The third kappa shape index (κ3) is 5.22. The second-order valence-corrected chi connectivity index (χ2v) is 5.22. The van der Waals surface area contributed by atoms with Crippen LogP contribution in [0.5, 0.6) is 11.5 Å². The highest BCUT2D eigenvalue weighted by molar-refractivity contribution is 9.11. The van der Waals surface area contributed by atoms with Gasteiger partial charge in [-0.15, -0.1) is 0 Å². The Bertz CT molecular complexity index is 423. The molecule has 0 saturated carbocycles. The highest BCUT2D eigenvalue weighted by Crippen LogP contribution is 2.30. The fourth-order valence-corrected chi connectivity index (χ4v) is 1.77. The molecule has 19 heavy (non-hydrogen) atoms. The van der Waals surface area contributed by atoms with E-state index in [1.165, 1.54) is 0 Å². The van der Waals surface area contributed by atoms with Crippen molar-refractivity contribution in [2.24, 2.45) is 0 Å². The first-order valence-corrected chi connectivity index (χ1v) is 6.86. The SMILES string of the molecule is C=C(Br)CNC(C)c1ccc(OCCO)c(OC)c1. The Morgan fingerprint density at radius 3 is 2.79 bits per heavy atom. The van der Waals surface area contributed by atoms with Crippen molar-refractivity contribution in [3.63, 3.8) is 0 Å². The maximum absolute atomic E-state index is 8.77. The van der Waals surface area contributed by atoms with Crippen molar-refractivity contribution >= 4 is 15.9 Å². The molecule has 1 atom stereocenters. The Morgan fingerprint density at radius 2 is 2.21 bits per heavy atom. The number of rotatable bonds is 8. The summed E-state index contributed by atoms with van der Waals surface area (Å²) in [6.07, 6.45) is 0. The Balaban J connectivity index is 2.77. The zero-order valence-corrected chi connectivity index (χ0v) is 12.9. The number of aliphatic hydroxyl groups excluding tert-OH is 1. The summed E-state index contributed by atoms with van der Waals surface area (Å²) in [4.78, 5) is 0. The molecule has 0 bridgehead atoms. The van der Waals surface area contributed by atoms with E-state index in [2.05, 4.69) is 34.7 Å². The van der Waals surface area contributed by atoms with Crippen molar-refractivity contribution in [3.8, 4) is 11.5 Å². The molecule has 0 saturated heterocycles. The summed E-state index contributed by atoms with van der Waals surface area (Å²) in [7, 11) is 1.60. The van der Waals surface area contributed by atoms with Crippen LogP contribution in [0.1, 0.15) is 18.5 Å². The molecule has 0 aliphatic carbocycles. The van der Waals surface area contributed by atoms with Gasteiger partial charge in [0.15, 0.2) is 11.5 Å². The smallest absolute Gasteiger partial charge is 0.161 e. The van der Waals surface area contributed by atoms with Gasteiger partial charge in [-0.2, -0.15) is 0 Å². The maximum Gasteiger partial charge on any atom is 0.161 e. The summed E-state index contributed by atoms with van der Waals surface area (Å²) >= 11 is 3.32. The number of halogens is 1. The summed E-state index contributed by atoms with van der Waals surface area (Å²) < 4.78 is 11.6. The van der Waals surface area contributed by atoms with Crippen LogP contribution in [-0.4, -0.2) is 32.0 Å². The Hall–Kier alpha value is -1.04. The van der Waals surface area contributed by atoms with E-state index >= 15 is 0 Å². The van der Waals surface area contributed by atoms with Crippen molar-refractivity contribution in [1.82, 2.24) is 5.32 Å². The summed E-state index contributed by atoms with van der Waals surface area (Å²) in [6.45, 7) is 6.80. The Kier molecular flexibility index (Phi) is 6.91. The number of methoxy groups -OCH3 is 1. The average molecular weight is 330 g/mol. The van der Waals surface area contributed by atoms with Crippen LogP contribution >= 0.6 is 15.9 Å². The molecule has 5 heteroatoms. The molecule has 2 N–H and O–H groups in total. The van der Waals surface area contributed by atoms with Crippen molar-refractivity contribution in [2.45, 2.75) is 13.0 Å². The number of nitrogens with one attached hydrogen (secondary N) is 1. The van der Waals surface area contributed by atoms with Gasteiger partial charge < -0.3 is 19.9 Å². The molecule has 0 aliphatic rings. The van der Waals surface area contributed by atoms with Gasteiger partial charge >= 0.3 is 0 Å². The van der Waals surface area contributed by atoms with Gasteiger partial charge in [0.1, 0.15) is 6.61 Å². The minimum atomic E-state index is -0.0176. The van der Waals surface area contributed by atoms with E-state index in [-0.39, 0.29) is 19.3 Å². The van der Waals surface area contributed by atoms with Crippen molar-refractivity contribution in [2.75, 3.05) is 26.9 Å². The fourth-order valence-electron chi connectivity index (χ4n) is 1.61. The highest BCUT2D eigenvalue weighted by atomic mass is 79.9. The Labute approximate surface area is 122 Å². The van der Waals surface area contributed by atoms with Crippen LogP contribution in [0, 0.1) is 0 Å². The van der Waals surface area contributed by atoms with Gasteiger partial charge in [-0.25, -0.2) is 0 Å². The number of benzene rings is 1. The minimum absolute atomic E-state index is 0.0176. The van der Waals surface area contributed by atoms with Crippen LogP contribution in [0.4, 0.5) is 0 Å². The van der Waals surface area contributed by atoms with Crippen LogP contribution in [0.15, 0.2) is 29.3 Å². The lowest BCUT2D eigenvalue weighted by Gasteiger charge is -2.16. The largest absolute Gasteiger partial charge is 0.493 e. The van der Waals surface area contributed by atoms with E-state index in [1.54, 1.807) is 7.11 Å². The van der Waals surface area contributed by atoms with E-state index in [0.717, 1.165) is 10.0 Å². The molecule has 4 nitrogen and oxygen atoms in total. The molecule has 0 spiro atoms. The maximum atomic E-state index is 8.77. The Morgan fingerprint density at radius 1 is 1.47 bits per heavy atom. The monoisotopic (exact) mass is 329 g/mol. The minimum Gasteiger partial charge on any atom is -0.493 e. The van der Waals surface area contributed by atoms with Crippen LogP contribution in [0.25, 0.3) is 0 Å². The van der Waals surface area contributed by atoms with E-state index in [1.807, 2.05) is 18.2 Å². The van der Waals surface area contributed by atoms with Gasteiger partial charge in [-0.05, 0) is 24.6 Å². The zero-order valence-electron chi connectivity index (χ0n) is 11.3. The zero-order chi connectivity index (χ0) is 14.3. The van der Waals surface area contributed by atoms with Crippen molar-refractivity contribution in [1.29, 1.82) is 0 Å². The van der Waals surface area contributed by atoms with Crippen molar-refractivity contribution in [3.05, 3.63) is 34.8 Å². The summed E-state index contributed by atoms with van der Waals surface area (Å²) in [5, 5.41) is 12.1. The molecule has 0 aliphatic heterocycles. The molecule has 1 aromatic rings. The van der Waals surface area contributed by atoms with Crippen LogP contribution in [0.2, 0.25) is 0 Å². The summed E-state index contributed by atoms with van der Waals surface area (Å²) in [6, 6.07) is 5.94. The predicted octanol–water partition coefficient (Wildman–Crippen LogP) is 2.63. The normalized spacial score (nSPS) is 12.0. The van der Waals surface area contributed by atoms with Crippen molar-refractivity contribution < 1.29 is 14.6 Å². The number of hydrogen-bond acceptors (Lipinski definition) is 4. The van der Waals surface area contributed by atoms with Crippen LogP contribution < -0.4 is 14.8 Å². The molecule has 0 aromatic heterocycles. The quantitative estimate of drug-likeness (QED) is 0.769. The second kappa shape index (κ2) is 8.19. The lowest BCUT2D eigenvalue weighted by molar-refractivity contribution is 0.196. The number of aliphatic hydroxyl groups is 1. The first kappa shape index (κ1) is 16.0. The molecule has 0 radical (unpaired) electrons. The molecule has 1 aromatic carbocycles. The molecular formula is C14H20BrNO3. The van der Waals surface area contributed by atoms with Gasteiger partial charge in [0, 0.05) is 17.1 Å². The fraction of sp³-hybridized carbons (Fsp3) is 0.429. The van der Waals surface area contributed by atoms with E-state index in [0.29, 0.717) is 18.0 Å². The number of ether oxygens (including phenoxy) is 2. The molecule has 0 heterocycles.